The van der Waals surface area contributed by atoms with E-state index in [4.69, 9.17) is 0 Å². The summed E-state index contributed by atoms with van der Waals surface area (Å²) in [6.07, 6.45) is 11.6. The van der Waals surface area contributed by atoms with Crippen molar-refractivity contribution in [1.29, 1.82) is 0 Å². The maximum absolute atomic E-state index is 3.88. The first-order valence-corrected chi connectivity index (χ1v) is 22.3. The smallest absolute Gasteiger partial charge is 0.0542 e. The van der Waals surface area contributed by atoms with E-state index in [9.17, 15) is 0 Å². The van der Waals surface area contributed by atoms with E-state index in [0.717, 1.165) is 29.9 Å². The molecule has 288 valence electrons. The van der Waals surface area contributed by atoms with Gasteiger partial charge in [-0.25, -0.2) is 0 Å². The summed E-state index contributed by atoms with van der Waals surface area (Å²) >= 11 is 2.09. The SMILES string of the molecule is CC1=C(c2ccccc2Nc2ccc3c(c2)c2cc(-n4c5ccccc5c5ccccc54)ccc2n3-c2ccc3c(c2)C(C)(C)c2ccc4c(c2-3)C2C=CC4S2)C=CCC1. The molecular formula is C56H43N3S. The van der Waals surface area contributed by atoms with E-state index < -0.39 is 0 Å². The molecule has 7 aromatic carbocycles. The van der Waals surface area contributed by atoms with E-state index in [2.05, 4.69) is 211 Å². The van der Waals surface area contributed by atoms with Crippen LogP contribution in [-0.4, -0.2) is 9.13 Å². The highest BCUT2D eigenvalue weighted by Crippen LogP contribution is 2.63. The number of benzene rings is 7. The number of hydrogen-bond acceptors (Lipinski definition) is 2. The summed E-state index contributed by atoms with van der Waals surface area (Å²) in [5.74, 6) is 0. The maximum atomic E-state index is 3.88. The van der Waals surface area contributed by atoms with Gasteiger partial charge in [-0.15, -0.1) is 11.8 Å². The van der Waals surface area contributed by atoms with Gasteiger partial charge in [0.1, 0.15) is 0 Å². The van der Waals surface area contributed by atoms with Gasteiger partial charge in [0.2, 0.25) is 0 Å². The third kappa shape index (κ3) is 4.74. The van der Waals surface area contributed by atoms with E-state index in [0.29, 0.717) is 10.5 Å². The van der Waals surface area contributed by atoms with Crippen LogP contribution in [0.1, 0.15) is 71.9 Å². The number of aromatic nitrogens is 2. The second kappa shape index (κ2) is 12.5. The van der Waals surface area contributed by atoms with Gasteiger partial charge in [-0.2, -0.15) is 0 Å². The maximum Gasteiger partial charge on any atom is 0.0542 e. The first-order chi connectivity index (χ1) is 29.4. The van der Waals surface area contributed by atoms with Crippen molar-refractivity contribution in [3.8, 4) is 22.5 Å². The minimum absolute atomic E-state index is 0.111. The number of anilines is 2. The molecule has 0 saturated carbocycles. The lowest BCUT2D eigenvalue weighted by molar-refractivity contribution is 0.659. The number of nitrogens with zero attached hydrogens (tertiary/aromatic N) is 2. The molecule has 2 unspecified atom stereocenters. The lowest BCUT2D eigenvalue weighted by atomic mass is 9.81. The third-order valence-corrected chi connectivity index (χ3v) is 15.4. The van der Waals surface area contributed by atoms with Crippen molar-refractivity contribution in [2.75, 3.05) is 5.32 Å². The minimum atomic E-state index is -0.111. The summed E-state index contributed by atoms with van der Waals surface area (Å²) in [4.78, 5) is 0. The fraction of sp³-hybridized carbons (Fsp3) is 0.143. The number of para-hydroxylation sites is 3. The third-order valence-electron chi connectivity index (χ3n) is 14.0. The molecule has 9 aromatic rings. The molecule has 2 aliphatic carbocycles. The van der Waals surface area contributed by atoms with Crippen LogP contribution < -0.4 is 5.32 Å². The Bertz CT molecular complexity index is 3390. The molecule has 0 fully saturated rings. The molecule has 4 aliphatic rings. The Kier molecular flexibility index (Phi) is 7.17. The molecular weight excluding hydrogens is 747 g/mol. The van der Waals surface area contributed by atoms with E-state index >= 15 is 0 Å². The zero-order chi connectivity index (χ0) is 39.9. The van der Waals surface area contributed by atoms with Gasteiger partial charge in [0.05, 0.1) is 22.1 Å². The Balaban J connectivity index is 1.02. The molecule has 1 N–H and O–H groups in total. The lowest BCUT2D eigenvalue weighted by Gasteiger charge is -2.23. The predicted molar refractivity (Wildman–Crippen MR) is 256 cm³/mol. The van der Waals surface area contributed by atoms with Gasteiger partial charge in [0.15, 0.2) is 0 Å². The quantitative estimate of drug-likeness (QED) is 0.175. The highest BCUT2D eigenvalue weighted by atomic mass is 32.2. The van der Waals surface area contributed by atoms with E-state index in [1.165, 1.54) is 93.8 Å². The molecule has 2 aromatic heterocycles. The fourth-order valence-corrected chi connectivity index (χ4v) is 12.6. The van der Waals surface area contributed by atoms with Crippen LogP contribution in [0.2, 0.25) is 0 Å². The van der Waals surface area contributed by atoms with Gasteiger partial charge in [-0.1, -0.05) is 117 Å². The Morgan fingerprint density at radius 1 is 0.600 bits per heavy atom. The highest BCUT2D eigenvalue weighted by molar-refractivity contribution is 8.00. The van der Waals surface area contributed by atoms with Gasteiger partial charge in [0.25, 0.3) is 0 Å². The molecule has 0 spiro atoms. The van der Waals surface area contributed by atoms with Crippen molar-refractivity contribution < 1.29 is 0 Å². The topological polar surface area (TPSA) is 21.9 Å². The summed E-state index contributed by atoms with van der Waals surface area (Å²) in [6, 6.07) is 52.5. The second-order valence-corrected chi connectivity index (χ2v) is 18.9. The zero-order valence-corrected chi connectivity index (χ0v) is 34.8. The molecule has 0 saturated heterocycles. The number of thioether (sulfide) groups is 1. The average molecular weight is 790 g/mol. The summed E-state index contributed by atoms with van der Waals surface area (Å²) < 4.78 is 4.94. The van der Waals surface area contributed by atoms with Crippen LogP contribution in [0.3, 0.4) is 0 Å². The Morgan fingerprint density at radius 3 is 2.07 bits per heavy atom. The van der Waals surface area contributed by atoms with Gasteiger partial charge in [-0.3, -0.25) is 0 Å². The summed E-state index contributed by atoms with van der Waals surface area (Å²) in [7, 11) is 0. The Hall–Kier alpha value is -6.49. The van der Waals surface area contributed by atoms with Crippen molar-refractivity contribution in [2.45, 2.75) is 49.5 Å². The van der Waals surface area contributed by atoms with Crippen LogP contribution in [0.15, 0.2) is 169 Å². The van der Waals surface area contributed by atoms with Crippen molar-refractivity contribution in [2.24, 2.45) is 0 Å². The normalized spacial score (nSPS) is 18.3. The molecule has 2 bridgehead atoms. The second-order valence-electron chi connectivity index (χ2n) is 17.7. The van der Waals surface area contributed by atoms with Crippen LogP contribution in [0.5, 0.6) is 0 Å². The van der Waals surface area contributed by atoms with E-state index in [1.807, 2.05) is 0 Å². The van der Waals surface area contributed by atoms with Crippen molar-refractivity contribution in [3.63, 3.8) is 0 Å². The largest absolute Gasteiger partial charge is 0.355 e. The first-order valence-electron chi connectivity index (χ1n) is 21.4. The van der Waals surface area contributed by atoms with Crippen LogP contribution in [0, 0.1) is 0 Å². The van der Waals surface area contributed by atoms with Crippen molar-refractivity contribution in [1.82, 2.24) is 9.13 Å². The highest BCUT2D eigenvalue weighted by Gasteiger charge is 2.43. The van der Waals surface area contributed by atoms with Crippen LogP contribution in [-0.2, 0) is 5.41 Å². The van der Waals surface area contributed by atoms with Gasteiger partial charge < -0.3 is 14.5 Å². The lowest BCUT2D eigenvalue weighted by Crippen LogP contribution is -2.15. The molecule has 4 heterocycles. The summed E-state index contributed by atoms with van der Waals surface area (Å²) in [5.41, 5.74) is 22.1. The van der Waals surface area contributed by atoms with Crippen molar-refractivity contribution in [3.05, 3.63) is 197 Å². The van der Waals surface area contributed by atoms with Crippen LogP contribution in [0.4, 0.5) is 11.4 Å². The van der Waals surface area contributed by atoms with Gasteiger partial charge in [-0.05, 0) is 125 Å². The molecule has 2 aliphatic heterocycles. The zero-order valence-electron chi connectivity index (χ0n) is 34.0. The fourth-order valence-electron chi connectivity index (χ4n) is 11.1. The predicted octanol–water partition coefficient (Wildman–Crippen LogP) is 15.5. The number of hydrogen-bond donors (Lipinski definition) is 1. The number of rotatable bonds is 5. The average Bonchev–Trinajstić information content (AvgIpc) is 4.09. The molecule has 4 heteroatoms. The molecule has 0 amide bonds. The summed E-state index contributed by atoms with van der Waals surface area (Å²) in [5, 5.41) is 9.83. The molecule has 13 rings (SSSR count). The van der Waals surface area contributed by atoms with Gasteiger partial charge in [0, 0.05) is 65.8 Å². The standard InChI is InChI=1S/C56H43N3S/c1-33-12-4-5-13-37(33)38-14-6-9-17-47(38)57-34-20-26-50-43(30-34)44-31-35(58-48-18-10-7-15-39(48)40-16-8-11-19-49(40)58)22-27-51(44)59(50)36-21-23-41-46(32-36)56(2,3)45-25-24-42-52-28-29-53(60-52)55(42)54(41)45/h5-11,13-32,52-53,57H,4,12H2,1-3H3. The van der Waals surface area contributed by atoms with Crippen LogP contribution >= 0.6 is 11.8 Å². The first kappa shape index (κ1) is 34.4. The van der Waals surface area contributed by atoms with Gasteiger partial charge >= 0.3 is 0 Å². The number of fused-ring (bicyclic) bond motifs is 15. The number of nitrogens with one attached hydrogen (secondary N) is 1. The van der Waals surface area contributed by atoms with Crippen LogP contribution in [0.25, 0.3) is 71.7 Å². The summed E-state index contributed by atoms with van der Waals surface area (Å²) in [6.45, 7) is 7.12. The molecule has 0 radical (unpaired) electrons. The molecule has 2 atom stereocenters. The minimum Gasteiger partial charge on any atom is -0.355 e. The Labute approximate surface area is 354 Å². The molecule has 3 nitrogen and oxygen atoms in total. The number of allylic oxidation sites excluding steroid dienone is 4. The monoisotopic (exact) mass is 789 g/mol. The van der Waals surface area contributed by atoms with Crippen molar-refractivity contribution >= 4 is 72.3 Å². The van der Waals surface area contributed by atoms with E-state index in [-0.39, 0.29) is 5.41 Å². The van der Waals surface area contributed by atoms with E-state index in [1.54, 1.807) is 5.56 Å². The Morgan fingerprint density at radius 2 is 1.27 bits per heavy atom. The molecule has 60 heavy (non-hydrogen) atoms.